The monoisotopic (exact) mass is 595 g/mol. The van der Waals surface area contributed by atoms with Crippen LogP contribution in [0.4, 0.5) is 0 Å². The molecule has 0 spiro atoms. The Morgan fingerprint density at radius 2 is 1.78 bits per heavy atom. The van der Waals surface area contributed by atoms with Crippen molar-refractivity contribution in [2.24, 2.45) is 5.73 Å². The second kappa shape index (κ2) is 13.0. The standard InChI is InChI=1S/C28H26BrN3O3S2/c29-21-9-6-20(7-10-21)14-16-31-26(34)18-24-27(35)32(17-15-25(30)33)28(37-24)23-13-12-22(36-23)11-8-19-4-2-1-3-5-19/h1-7,9-10,12-13,24,28H,14-18H2,(H2,30,33)(H,31,34)/t24-,28+/m1/s1. The number of nitrogens with zero attached hydrogens (tertiary/aromatic N) is 1. The van der Waals surface area contributed by atoms with Crippen LogP contribution in [0, 0.1) is 11.8 Å². The molecule has 3 amide bonds. The Kier molecular flexibility index (Phi) is 9.45. The molecule has 1 aliphatic heterocycles. The van der Waals surface area contributed by atoms with Crippen LogP contribution in [0.25, 0.3) is 0 Å². The minimum Gasteiger partial charge on any atom is -0.370 e. The molecule has 0 unspecified atom stereocenters. The summed E-state index contributed by atoms with van der Waals surface area (Å²) in [5, 5.41) is 2.12. The van der Waals surface area contributed by atoms with Crippen molar-refractivity contribution in [3.05, 3.63) is 92.1 Å². The maximum absolute atomic E-state index is 13.2. The lowest BCUT2D eigenvalue weighted by atomic mass is 10.1. The first-order valence-electron chi connectivity index (χ1n) is 11.8. The molecule has 190 valence electrons. The number of carbonyl (C=O) groups excluding carboxylic acids is 3. The Hall–Kier alpha value is -3.06. The molecular formula is C28H26BrN3O3S2. The quantitative estimate of drug-likeness (QED) is 0.357. The first-order chi connectivity index (χ1) is 17.9. The van der Waals surface area contributed by atoms with Crippen molar-refractivity contribution in [2.75, 3.05) is 13.1 Å². The van der Waals surface area contributed by atoms with Crippen molar-refractivity contribution in [3.63, 3.8) is 0 Å². The summed E-state index contributed by atoms with van der Waals surface area (Å²) in [6.45, 7) is 0.714. The molecular weight excluding hydrogens is 570 g/mol. The van der Waals surface area contributed by atoms with Gasteiger partial charge in [0.15, 0.2) is 0 Å². The molecule has 1 aromatic heterocycles. The molecule has 2 atom stereocenters. The molecule has 0 bridgehead atoms. The molecule has 9 heteroatoms. The van der Waals surface area contributed by atoms with Crippen LogP contribution in [0.5, 0.6) is 0 Å². The number of primary amides is 1. The number of hydrogen-bond donors (Lipinski definition) is 2. The van der Waals surface area contributed by atoms with E-state index in [0.717, 1.165) is 25.4 Å². The lowest BCUT2D eigenvalue weighted by Crippen LogP contribution is -2.36. The third-order valence-corrected chi connectivity index (χ3v) is 8.92. The molecule has 3 aromatic rings. The van der Waals surface area contributed by atoms with Crippen LogP contribution in [0.2, 0.25) is 0 Å². The molecule has 2 aromatic carbocycles. The van der Waals surface area contributed by atoms with Gasteiger partial charge in [0.05, 0.1) is 10.1 Å². The summed E-state index contributed by atoms with van der Waals surface area (Å²) in [6.07, 6.45) is 0.862. The number of thioether (sulfide) groups is 1. The van der Waals surface area contributed by atoms with Crippen molar-refractivity contribution < 1.29 is 14.4 Å². The zero-order valence-electron chi connectivity index (χ0n) is 20.0. The summed E-state index contributed by atoms with van der Waals surface area (Å²) < 4.78 is 1.01. The van der Waals surface area contributed by atoms with Gasteiger partial charge in [-0.05, 0) is 48.4 Å². The Balaban J connectivity index is 1.40. The molecule has 1 fully saturated rings. The van der Waals surface area contributed by atoms with Gasteiger partial charge in [-0.25, -0.2) is 0 Å². The highest BCUT2D eigenvalue weighted by Gasteiger charge is 2.42. The zero-order chi connectivity index (χ0) is 26.2. The smallest absolute Gasteiger partial charge is 0.237 e. The molecule has 4 rings (SSSR count). The largest absolute Gasteiger partial charge is 0.370 e. The number of rotatable bonds is 9. The molecule has 37 heavy (non-hydrogen) atoms. The predicted octanol–water partition coefficient (Wildman–Crippen LogP) is 4.48. The number of amides is 3. The fourth-order valence-electron chi connectivity index (χ4n) is 3.85. The van der Waals surface area contributed by atoms with Crippen LogP contribution in [-0.2, 0) is 20.8 Å². The SMILES string of the molecule is NC(=O)CCN1C(=O)[C@@H](CC(=O)NCCc2ccc(Br)cc2)S[C@H]1c1ccc(C#Cc2ccccc2)s1. The van der Waals surface area contributed by atoms with E-state index in [4.69, 9.17) is 5.73 Å². The highest BCUT2D eigenvalue weighted by Crippen LogP contribution is 2.46. The van der Waals surface area contributed by atoms with Gasteiger partial charge in [0.1, 0.15) is 5.37 Å². The second-order valence-electron chi connectivity index (χ2n) is 8.47. The van der Waals surface area contributed by atoms with Crippen LogP contribution in [0.15, 0.2) is 71.2 Å². The van der Waals surface area contributed by atoms with Gasteiger partial charge in [-0.2, -0.15) is 0 Å². The van der Waals surface area contributed by atoms with Crippen molar-refractivity contribution >= 4 is 56.8 Å². The minimum absolute atomic E-state index is 0.0704. The van der Waals surface area contributed by atoms with Gasteiger partial charge in [-0.15, -0.1) is 23.1 Å². The summed E-state index contributed by atoms with van der Waals surface area (Å²) in [4.78, 5) is 40.8. The van der Waals surface area contributed by atoms with Gasteiger partial charge < -0.3 is 16.0 Å². The maximum Gasteiger partial charge on any atom is 0.237 e. The van der Waals surface area contributed by atoms with Crippen LogP contribution in [0.3, 0.4) is 0 Å². The normalized spacial score (nSPS) is 16.8. The first-order valence-corrected chi connectivity index (χ1v) is 14.4. The summed E-state index contributed by atoms with van der Waals surface area (Å²) in [7, 11) is 0. The minimum atomic E-state index is -0.522. The van der Waals surface area contributed by atoms with Crippen molar-refractivity contribution in [1.82, 2.24) is 10.2 Å². The van der Waals surface area contributed by atoms with E-state index in [-0.39, 0.29) is 36.6 Å². The van der Waals surface area contributed by atoms with E-state index in [1.807, 2.05) is 66.7 Å². The van der Waals surface area contributed by atoms with Crippen LogP contribution < -0.4 is 11.1 Å². The molecule has 1 aliphatic rings. The number of hydrogen-bond acceptors (Lipinski definition) is 5. The highest BCUT2D eigenvalue weighted by molar-refractivity contribution is 9.10. The molecule has 6 nitrogen and oxygen atoms in total. The summed E-state index contributed by atoms with van der Waals surface area (Å²) in [5.74, 6) is 5.55. The van der Waals surface area contributed by atoms with E-state index in [9.17, 15) is 14.4 Å². The molecule has 0 aliphatic carbocycles. The Labute approximate surface area is 233 Å². The van der Waals surface area contributed by atoms with Crippen molar-refractivity contribution in [2.45, 2.75) is 29.9 Å². The summed E-state index contributed by atoms with van der Waals surface area (Å²) in [6, 6.07) is 21.6. The zero-order valence-corrected chi connectivity index (χ0v) is 23.2. The summed E-state index contributed by atoms with van der Waals surface area (Å²) in [5.41, 5.74) is 7.41. The Morgan fingerprint density at radius 1 is 1.03 bits per heavy atom. The highest BCUT2D eigenvalue weighted by atomic mass is 79.9. The Morgan fingerprint density at radius 3 is 2.51 bits per heavy atom. The first kappa shape index (κ1) is 27.0. The molecule has 3 N–H and O–H groups in total. The van der Waals surface area contributed by atoms with Crippen LogP contribution in [-0.4, -0.2) is 41.0 Å². The number of nitrogens with two attached hydrogens (primary N) is 1. The third kappa shape index (κ3) is 7.71. The van der Waals surface area contributed by atoms with E-state index in [2.05, 4.69) is 33.1 Å². The third-order valence-electron chi connectivity index (χ3n) is 5.73. The Bertz CT molecular complexity index is 1320. The van der Waals surface area contributed by atoms with E-state index in [1.165, 1.54) is 23.1 Å². The average molecular weight is 597 g/mol. The number of nitrogens with one attached hydrogen (secondary N) is 1. The van der Waals surface area contributed by atoms with E-state index in [0.29, 0.717) is 13.0 Å². The summed E-state index contributed by atoms with van der Waals surface area (Å²) >= 11 is 6.37. The van der Waals surface area contributed by atoms with Gasteiger partial charge in [0.2, 0.25) is 17.7 Å². The van der Waals surface area contributed by atoms with E-state index >= 15 is 0 Å². The number of benzene rings is 2. The molecule has 0 saturated carbocycles. The van der Waals surface area contributed by atoms with Crippen LogP contribution in [0.1, 0.15) is 39.1 Å². The van der Waals surface area contributed by atoms with Crippen molar-refractivity contribution in [1.29, 1.82) is 0 Å². The number of carbonyl (C=O) groups is 3. The predicted molar refractivity (Wildman–Crippen MR) is 152 cm³/mol. The molecule has 1 saturated heterocycles. The van der Waals surface area contributed by atoms with Gasteiger partial charge in [0, 0.05) is 40.8 Å². The fraction of sp³-hybridized carbons (Fsp3) is 0.250. The van der Waals surface area contributed by atoms with E-state index < -0.39 is 11.2 Å². The molecule has 0 radical (unpaired) electrons. The van der Waals surface area contributed by atoms with E-state index in [1.54, 1.807) is 4.90 Å². The maximum atomic E-state index is 13.2. The lowest BCUT2D eigenvalue weighted by molar-refractivity contribution is -0.132. The van der Waals surface area contributed by atoms with Crippen LogP contribution >= 0.6 is 39.0 Å². The number of halogens is 1. The van der Waals surface area contributed by atoms with Gasteiger partial charge in [-0.3, -0.25) is 14.4 Å². The average Bonchev–Trinajstić information content (AvgIpc) is 3.48. The number of thiophene rings is 1. The topological polar surface area (TPSA) is 92.5 Å². The van der Waals surface area contributed by atoms with Gasteiger partial charge >= 0.3 is 0 Å². The van der Waals surface area contributed by atoms with Gasteiger partial charge in [0.25, 0.3) is 0 Å². The van der Waals surface area contributed by atoms with Gasteiger partial charge in [-0.1, -0.05) is 58.1 Å². The fourth-order valence-corrected chi connectivity index (χ4v) is 6.66. The second-order valence-corrected chi connectivity index (χ2v) is 11.8. The van der Waals surface area contributed by atoms with Crippen molar-refractivity contribution in [3.8, 4) is 11.8 Å². The molecule has 2 heterocycles. The lowest BCUT2D eigenvalue weighted by Gasteiger charge is -2.22.